The van der Waals surface area contributed by atoms with E-state index in [2.05, 4.69) is 10.6 Å². The van der Waals surface area contributed by atoms with Crippen molar-refractivity contribution in [1.29, 1.82) is 0 Å². The van der Waals surface area contributed by atoms with E-state index in [4.69, 9.17) is 16.3 Å². The minimum absolute atomic E-state index is 0.171. The standard InChI is InChI=1S/C20H23ClN2O5S/c1-14-3-6-16(7-4-14)29(26,27)12-9-19(24)23-15-5-8-17(18(21)13-15)20(25)22-10-11-28-2/h3-8,13H,9-12H2,1-2H3,(H,22,25)(H,23,24). The van der Waals surface area contributed by atoms with Crippen molar-refractivity contribution in [3.05, 3.63) is 58.6 Å². The van der Waals surface area contributed by atoms with Crippen LogP contribution in [0.15, 0.2) is 47.4 Å². The van der Waals surface area contributed by atoms with E-state index in [1.807, 2.05) is 6.92 Å². The van der Waals surface area contributed by atoms with Crippen LogP contribution in [-0.4, -0.2) is 46.2 Å². The van der Waals surface area contributed by atoms with Crippen molar-refractivity contribution >= 4 is 38.9 Å². The molecule has 0 heterocycles. The highest BCUT2D eigenvalue weighted by Gasteiger charge is 2.17. The van der Waals surface area contributed by atoms with Crippen molar-refractivity contribution in [2.24, 2.45) is 0 Å². The number of rotatable bonds is 9. The van der Waals surface area contributed by atoms with Crippen LogP contribution in [-0.2, 0) is 19.4 Å². The van der Waals surface area contributed by atoms with Gasteiger partial charge in [-0.25, -0.2) is 8.42 Å². The molecule has 0 unspecified atom stereocenters. The third-order valence-electron chi connectivity index (χ3n) is 4.07. The molecule has 2 aromatic carbocycles. The number of halogens is 1. The Labute approximate surface area is 175 Å². The summed E-state index contributed by atoms with van der Waals surface area (Å²) in [6, 6.07) is 10.9. The molecule has 2 rings (SSSR count). The molecule has 0 fully saturated rings. The van der Waals surface area contributed by atoms with E-state index in [0.29, 0.717) is 18.8 Å². The van der Waals surface area contributed by atoms with Crippen LogP contribution < -0.4 is 10.6 Å². The molecule has 0 aliphatic heterocycles. The Morgan fingerprint density at radius 3 is 2.41 bits per heavy atom. The summed E-state index contributed by atoms with van der Waals surface area (Å²) in [5, 5.41) is 5.42. The lowest BCUT2D eigenvalue weighted by Gasteiger charge is -2.10. The van der Waals surface area contributed by atoms with Gasteiger partial charge in [-0.05, 0) is 37.3 Å². The van der Waals surface area contributed by atoms with Crippen LogP contribution in [0, 0.1) is 6.92 Å². The van der Waals surface area contributed by atoms with Crippen LogP contribution in [0.3, 0.4) is 0 Å². The maximum atomic E-state index is 12.3. The number of aryl methyl sites for hydroxylation is 1. The molecule has 0 bridgehead atoms. The lowest BCUT2D eigenvalue weighted by atomic mass is 10.2. The first-order valence-electron chi connectivity index (χ1n) is 8.89. The molecule has 9 heteroatoms. The first-order valence-corrected chi connectivity index (χ1v) is 10.9. The molecule has 7 nitrogen and oxygen atoms in total. The third-order valence-corrected chi connectivity index (χ3v) is 6.11. The Hall–Kier alpha value is -2.42. The van der Waals surface area contributed by atoms with Crippen LogP contribution in [0.2, 0.25) is 5.02 Å². The number of methoxy groups -OCH3 is 1. The predicted octanol–water partition coefficient (Wildman–Crippen LogP) is 2.83. The van der Waals surface area contributed by atoms with E-state index in [-0.39, 0.29) is 33.6 Å². The SMILES string of the molecule is COCCNC(=O)c1ccc(NC(=O)CCS(=O)(=O)c2ccc(C)cc2)cc1Cl. The van der Waals surface area contributed by atoms with Crippen molar-refractivity contribution in [3.63, 3.8) is 0 Å². The van der Waals surface area contributed by atoms with Crippen molar-refractivity contribution in [2.75, 3.05) is 31.3 Å². The number of amides is 2. The fourth-order valence-electron chi connectivity index (χ4n) is 2.45. The zero-order valence-corrected chi connectivity index (χ0v) is 17.8. The average Bonchev–Trinajstić information content (AvgIpc) is 2.67. The van der Waals surface area contributed by atoms with Gasteiger partial charge in [0.15, 0.2) is 9.84 Å². The molecule has 0 saturated heterocycles. The quantitative estimate of drug-likeness (QED) is 0.586. The van der Waals surface area contributed by atoms with E-state index in [1.54, 1.807) is 12.1 Å². The topological polar surface area (TPSA) is 102 Å². The molecule has 29 heavy (non-hydrogen) atoms. The predicted molar refractivity (Wildman–Crippen MR) is 112 cm³/mol. The second-order valence-corrected chi connectivity index (χ2v) is 8.89. The van der Waals surface area contributed by atoms with Crippen LogP contribution in [0.4, 0.5) is 5.69 Å². The monoisotopic (exact) mass is 438 g/mol. The highest BCUT2D eigenvalue weighted by molar-refractivity contribution is 7.91. The van der Waals surface area contributed by atoms with Crippen molar-refractivity contribution in [1.82, 2.24) is 5.32 Å². The normalized spacial score (nSPS) is 11.1. The first-order chi connectivity index (χ1) is 13.7. The van der Waals surface area contributed by atoms with Crippen LogP contribution in [0.25, 0.3) is 0 Å². The van der Waals surface area contributed by atoms with E-state index >= 15 is 0 Å². The fourth-order valence-corrected chi connectivity index (χ4v) is 3.96. The molecular weight excluding hydrogens is 416 g/mol. The van der Waals surface area contributed by atoms with E-state index in [9.17, 15) is 18.0 Å². The second kappa shape index (κ2) is 10.4. The maximum Gasteiger partial charge on any atom is 0.252 e. The molecular formula is C20H23ClN2O5S. The van der Waals surface area contributed by atoms with Gasteiger partial charge in [0.2, 0.25) is 5.91 Å². The summed E-state index contributed by atoms with van der Waals surface area (Å²) in [5.41, 5.74) is 1.60. The number of sulfone groups is 1. The van der Waals surface area contributed by atoms with Gasteiger partial charge in [-0.1, -0.05) is 29.3 Å². The first kappa shape index (κ1) is 22.9. The van der Waals surface area contributed by atoms with Crippen molar-refractivity contribution < 1.29 is 22.7 Å². The Balaban J connectivity index is 1.94. The summed E-state index contributed by atoms with van der Waals surface area (Å²) >= 11 is 6.12. The lowest BCUT2D eigenvalue weighted by Crippen LogP contribution is -2.27. The minimum Gasteiger partial charge on any atom is -0.383 e. The van der Waals surface area contributed by atoms with Gasteiger partial charge in [0.05, 0.1) is 27.8 Å². The molecule has 2 aromatic rings. The zero-order valence-electron chi connectivity index (χ0n) is 16.2. The summed E-state index contributed by atoms with van der Waals surface area (Å²) in [6.45, 7) is 2.59. The van der Waals surface area contributed by atoms with Crippen LogP contribution in [0.1, 0.15) is 22.3 Å². The molecule has 0 saturated carbocycles. The van der Waals surface area contributed by atoms with E-state index < -0.39 is 15.7 Å². The van der Waals surface area contributed by atoms with Crippen LogP contribution >= 0.6 is 11.6 Å². The molecule has 0 aromatic heterocycles. The Kier molecular flexibility index (Phi) is 8.19. The Morgan fingerprint density at radius 1 is 1.10 bits per heavy atom. The van der Waals surface area contributed by atoms with Gasteiger partial charge in [0, 0.05) is 25.8 Å². The molecule has 0 atom stereocenters. The van der Waals surface area contributed by atoms with Crippen LogP contribution in [0.5, 0.6) is 0 Å². The largest absolute Gasteiger partial charge is 0.383 e. The van der Waals surface area contributed by atoms with Gasteiger partial charge in [-0.3, -0.25) is 9.59 Å². The number of carbonyl (C=O) groups is 2. The molecule has 0 aliphatic rings. The second-order valence-electron chi connectivity index (χ2n) is 6.37. The average molecular weight is 439 g/mol. The lowest BCUT2D eigenvalue weighted by molar-refractivity contribution is -0.115. The summed E-state index contributed by atoms with van der Waals surface area (Å²) in [6.07, 6.45) is -0.201. The zero-order chi connectivity index (χ0) is 21.4. The molecule has 0 spiro atoms. The molecule has 156 valence electrons. The Morgan fingerprint density at radius 2 is 1.79 bits per heavy atom. The number of ether oxygens (including phenoxy) is 1. The number of hydrogen-bond acceptors (Lipinski definition) is 5. The van der Waals surface area contributed by atoms with Crippen molar-refractivity contribution in [3.8, 4) is 0 Å². The van der Waals surface area contributed by atoms with E-state index in [1.165, 1.54) is 37.4 Å². The smallest absolute Gasteiger partial charge is 0.252 e. The van der Waals surface area contributed by atoms with E-state index in [0.717, 1.165) is 5.56 Å². The van der Waals surface area contributed by atoms with Gasteiger partial charge < -0.3 is 15.4 Å². The van der Waals surface area contributed by atoms with Gasteiger partial charge in [0.25, 0.3) is 5.91 Å². The van der Waals surface area contributed by atoms with Gasteiger partial charge in [-0.2, -0.15) is 0 Å². The number of hydrogen-bond donors (Lipinski definition) is 2. The number of anilines is 1. The summed E-state index contributed by atoms with van der Waals surface area (Å²) in [5.74, 6) is -1.13. The van der Waals surface area contributed by atoms with Gasteiger partial charge >= 0.3 is 0 Å². The number of benzene rings is 2. The number of carbonyl (C=O) groups excluding carboxylic acids is 2. The summed E-state index contributed by atoms with van der Waals surface area (Å²) in [7, 11) is -2.02. The summed E-state index contributed by atoms with van der Waals surface area (Å²) in [4.78, 5) is 24.4. The highest BCUT2D eigenvalue weighted by atomic mass is 35.5. The fraction of sp³-hybridized carbons (Fsp3) is 0.300. The molecule has 0 aliphatic carbocycles. The minimum atomic E-state index is -3.55. The number of nitrogens with one attached hydrogen (secondary N) is 2. The maximum absolute atomic E-state index is 12.3. The van der Waals surface area contributed by atoms with Crippen molar-refractivity contribution in [2.45, 2.75) is 18.2 Å². The summed E-state index contributed by atoms with van der Waals surface area (Å²) < 4.78 is 29.5. The highest BCUT2D eigenvalue weighted by Crippen LogP contribution is 2.21. The molecule has 0 radical (unpaired) electrons. The third kappa shape index (κ3) is 6.85. The Bertz CT molecular complexity index is 975. The molecule has 2 amide bonds. The van der Waals surface area contributed by atoms with Gasteiger partial charge in [0.1, 0.15) is 0 Å². The van der Waals surface area contributed by atoms with Gasteiger partial charge in [-0.15, -0.1) is 0 Å². The molecule has 2 N–H and O–H groups in total.